The molecule has 2 rings (SSSR count). The summed E-state index contributed by atoms with van der Waals surface area (Å²) in [5, 5.41) is 4.80. The number of halogens is 2. The molecule has 18 heavy (non-hydrogen) atoms. The lowest BCUT2D eigenvalue weighted by molar-refractivity contribution is -0.118. The van der Waals surface area contributed by atoms with Crippen LogP contribution in [0.25, 0.3) is 10.8 Å². The van der Waals surface area contributed by atoms with Crippen LogP contribution in [-0.4, -0.2) is 15.9 Å². The van der Waals surface area contributed by atoms with Gasteiger partial charge in [0, 0.05) is 17.5 Å². The van der Waals surface area contributed by atoms with Gasteiger partial charge in [0.25, 0.3) is 0 Å². The first kappa shape index (κ1) is 13.1. The van der Waals surface area contributed by atoms with Gasteiger partial charge in [0.2, 0.25) is 5.91 Å². The van der Waals surface area contributed by atoms with E-state index < -0.39 is 0 Å². The molecule has 0 aliphatic heterocycles. The van der Waals surface area contributed by atoms with E-state index in [4.69, 9.17) is 23.2 Å². The molecule has 0 saturated carbocycles. The predicted octanol–water partition coefficient (Wildman–Crippen LogP) is 3.53. The van der Waals surface area contributed by atoms with Gasteiger partial charge in [-0.15, -0.1) is 0 Å². The largest absolute Gasteiger partial charge is 0.310 e. The molecule has 0 unspecified atom stereocenters. The Morgan fingerprint density at radius 3 is 2.72 bits per heavy atom. The Kier molecular flexibility index (Phi) is 3.68. The van der Waals surface area contributed by atoms with Crippen molar-refractivity contribution in [3.63, 3.8) is 0 Å². The highest BCUT2D eigenvalue weighted by Gasteiger charge is 2.09. The summed E-state index contributed by atoms with van der Waals surface area (Å²) in [5.74, 6) is 0.278. The third-order valence-electron chi connectivity index (χ3n) is 2.41. The average Bonchev–Trinajstić information content (AvgIpc) is 2.27. The van der Waals surface area contributed by atoms with Gasteiger partial charge in [-0.2, -0.15) is 0 Å². The number of rotatable bonds is 2. The van der Waals surface area contributed by atoms with Gasteiger partial charge in [0.05, 0.1) is 0 Å². The van der Waals surface area contributed by atoms with Crippen LogP contribution in [-0.2, 0) is 4.79 Å². The van der Waals surface area contributed by atoms with E-state index in [0.29, 0.717) is 21.5 Å². The summed E-state index contributed by atoms with van der Waals surface area (Å²) < 4.78 is 0. The monoisotopic (exact) mass is 283 g/mol. The van der Waals surface area contributed by atoms with E-state index in [-0.39, 0.29) is 11.8 Å². The van der Waals surface area contributed by atoms with E-state index in [2.05, 4.69) is 15.3 Å². The van der Waals surface area contributed by atoms with Crippen molar-refractivity contribution < 1.29 is 4.79 Å². The first-order chi connectivity index (χ1) is 8.47. The minimum atomic E-state index is -0.105. The van der Waals surface area contributed by atoms with Crippen molar-refractivity contribution in [1.82, 2.24) is 9.97 Å². The summed E-state index contributed by atoms with van der Waals surface area (Å²) in [4.78, 5) is 19.6. The van der Waals surface area contributed by atoms with Gasteiger partial charge in [0.1, 0.15) is 16.1 Å². The average molecular weight is 284 g/mol. The van der Waals surface area contributed by atoms with Crippen molar-refractivity contribution >= 4 is 45.7 Å². The lowest BCUT2D eigenvalue weighted by Crippen LogP contribution is -2.18. The Labute approximate surface area is 114 Å². The zero-order chi connectivity index (χ0) is 13.3. The number of hydrogen-bond acceptors (Lipinski definition) is 3. The van der Waals surface area contributed by atoms with E-state index >= 15 is 0 Å². The Bertz CT molecular complexity index is 614. The maximum absolute atomic E-state index is 11.6. The summed E-state index contributed by atoms with van der Waals surface area (Å²) in [6.45, 7) is 3.63. The molecule has 0 aliphatic carbocycles. The number of fused-ring (bicyclic) bond motifs is 1. The van der Waals surface area contributed by atoms with Crippen LogP contribution < -0.4 is 5.32 Å². The fraction of sp³-hybridized carbons (Fsp3) is 0.250. The van der Waals surface area contributed by atoms with E-state index in [1.807, 2.05) is 13.8 Å². The summed E-state index contributed by atoms with van der Waals surface area (Å²) in [6.07, 6.45) is 1.57. The second-order valence-electron chi connectivity index (χ2n) is 4.17. The fourth-order valence-electron chi connectivity index (χ4n) is 1.42. The number of amides is 1. The quantitative estimate of drug-likeness (QED) is 0.858. The zero-order valence-electron chi connectivity index (χ0n) is 9.87. The Balaban J connectivity index is 2.41. The van der Waals surface area contributed by atoms with E-state index in [0.717, 1.165) is 5.39 Å². The molecule has 0 bridgehead atoms. The minimum absolute atomic E-state index is 0.0897. The molecule has 0 radical (unpaired) electrons. The van der Waals surface area contributed by atoms with Crippen LogP contribution in [0.3, 0.4) is 0 Å². The molecule has 0 spiro atoms. The third-order valence-corrected chi connectivity index (χ3v) is 2.90. The highest BCUT2D eigenvalue weighted by molar-refractivity contribution is 6.36. The van der Waals surface area contributed by atoms with Crippen LogP contribution in [0.5, 0.6) is 0 Å². The molecule has 1 amide bonds. The highest BCUT2D eigenvalue weighted by Crippen LogP contribution is 2.25. The van der Waals surface area contributed by atoms with E-state index in [9.17, 15) is 4.79 Å². The number of nitrogens with one attached hydrogen (secondary N) is 1. The number of nitrogens with zero attached hydrogens (tertiary/aromatic N) is 2. The normalized spacial score (nSPS) is 10.9. The second kappa shape index (κ2) is 5.08. The molecule has 2 aromatic heterocycles. The summed E-state index contributed by atoms with van der Waals surface area (Å²) in [7, 11) is 0. The van der Waals surface area contributed by atoms with Crippen LogP contribution >= 0.6 is 23.2 Å². The molecule has 2 heterocycles. The number of pyridine rings is 2. The van der Waals surface area contributed by atoms with Crippen LogP contribution in [0.2, 0.25) is 10.3 Å². The Morgan fingerprint density at radius 1 is 1.33 bits per heavy atom. The summed E-state index contributed by atoms with van der Waals surface area (Å²) in [5.41, 5.74) is 0. The second-order valence-corrected chi connectivity index (χ2v) is 4.92. The lowest BCUT2D eigenvalue weighted by Gasteiger charge is -2.08. The van der Waals surface area contributed by atoms with Gasteiger partial charge in [-0.05, 0) is 17.5 Å². The van der Waals surface area contributed by atoms with E-state index in [1.54, 1.807) is 18.3 Å². The number of hydrogen-bond donors (Lipinski definition) is 1. The molecular weight excluding hydrogens is 273 g/mol. The standard InChI is InChI=1S/C12H11Cl2N3O/c1-6(2)12(18)17-10-4-7-3-9(13)16-11(14)8(7)5-15-10/h3-6H,1-2H3,(H,15,17,18). The maximum Gasteiger partial charge on any atom is 0.228 e. The van der Waals surface area contributed by atoms with Crippen molar-refractivity contribution in [1.29, 1.82) is 0 Å². The molecular formula is C12H11Cl2N3O. The number of anilines is 1. The number of aromatic nitrogens is 2. The van der Waals surface area contributed by atoms with Gasteiger partial charge >= 0.3 is 0 Å². The molecule has 2 aromatic rings. The molecule has 1 N–H and O–H groups in total. The van der Waals surface area contributed by atoms with Gasteiger partial charge in [0.15, 0.2) is 0 Å². The van der Waals surface area contributed by atoms with Crippen LogP contribution in [0.1, 0.15) is 13.8 Å². The summed E-state index contributed by atoms with van der Waals surface area (Å²) in [6, 6.07) is 3.39. The first-order valence-electron chi connectivity index (χ1n) is 5.40. The molecule has 0 fully saturated rings. The number of carbonyl (C=O) groups is 1. The molecule has 6 heteroatoms. The molecule has 0 saturated heterocycles. The van der Waals surface area contributed by atoms with Gasteiger partial charge in [-0.3, -0.25) is 4.79 Å². The van der Waals surface area contributed by atoms with Gasteiger partial charge in [-0.1, -0.05) is 37.0 Å². The smallest absolute Gasteiger partial charge is 0.228 e. The lowest BCUT2D eigenvalue weighted by atomic mass is 10.2. The zero-order valence-corrected chi connectivity index (χ0v) is 11.4. The predicted molar refractivity (Wildman–Crippen MR) is 73.0 cm³/mol. The highest BCUT2D eigenvalue weighted by atomic mass is 35.5. The fourth-order valence-corrected chi connectivity index (χ4v) is 1.91. The van der Waals surface area contributed by atoms with Gasteiger partial charge < -0.3 is 5.32 Å². The SMILES string of the molecule is CC(C)C(=O)Nc1cc2cc(Cl)nc(Cl)c2cn1. The van der Waals surface area contributed by atoms with Crippen molar-refractivity contribution in [3.05, 3.63) is 28.6 Å². The van der Waals surface area contributed by atoms with Crippen molar-refractivity contribution in [2.45, 2.75) is 13.8 Å². The van der Waals surface area contributed by atoms with Crippen LogP contribution in [0.15, 0.2) is 18.3 Å². The third kappa shape index (κ3) is 2.71. The van der Waals surface area contributed by atoms with Crippen molar-refractivity contribution in [2.24, 2.45) is 5.92 Å². The van der Waals surface area contributed by atoms with E-state index in [1.165, 1.54) is 0 Å². The topological polar surface area (TPSA) is 54.9 Å². The molecule has 0 aliphatic rings. The van der Waals surface area contributed by atoms with Crippen LogP contribution in [0, 0.1) is 5.92 Å². The Hall–Kier alpha value is -1.39. The Morgan fingerprint density at radius 2 is 2.06 bits per heavy atom. The molecule has 0 atom stereocenters. The molecule has 0 aromatic carbocycles. The van der Waals surface area contributed by atoms with Crippen molar-refractivity contribution in [3.8, 4) is 0 Å². The molecule has 4 nitrogen and oxygen atoms in total. The number of carbonyl (C=O) groups excluding carboxylic acids is 1. The summed E-state index contributed by atoms with van der Waals surface area (Å²) >= 11 is 11.8. The first-order valence-corrected chi connectivity index (χ1v) is 6.15. The van der Waals surface area contributed by atoms with Crippen LogP contribution in [0.4, 0.5) is 5.82 Å². The maximum atomic E-state index is 11.6. The van der Waals surface area contributed by atoms with Gasteiger partial charge in [-0.25, -0.2) is 9.97 Å². The van der Waals surface area contributed by atoms with Crippen molar-refractivity contribution in [2.75, 3.05) is 5.32 Å². The minimum Gasteiger partial charge on any atom is -0.310 e. The molecule has 94 valence electrons.